The summed E-state index contributed by atoms with van der Waals surface area (Å²) in [5.41, 5.74) is 6.84. The van der Waals surface area contributed by atoms with E-state index in [1.165, 1.54) is 24.4 Å². The molecule has 4 rings (SSSR count). The van der Waals surface area contributed by atoms with Gasteiger partial charge in [-0.3, -0.25) is 9.02 Å². The molecule has 0 atom stereocenters. The van der Waals surface area contributed by atoms with Gasteiger partial charge in [-0.2, -0.15) is 8.42 Å². The Morgan fingerprint density at radius 2 is 1.49 bits per heavy atom. The molecule has 3 aromatic carbocycles. The highest BCUT2D eigenvalue weighted by molar-refractivity contribution is 8.22. The standard InChI is InChI=1S/C26H28N2O4S3/c1-31-35(29,30)17-9-16-33-26(34-19-32-27)25-21-12-5-7-14-23(21)28(18-20-10-3-2-4-11-20)24-15-8-6-13-22(24)25/h2-8,10-15H,9,16-19,27H2,1H3. The van der Waals surface area contributed by atoms with E-state index >= 15 is 0 Å². The van der Waals surface area contributed by atoms with Crippen molar-refractivity contribution in [2.75, 3.05) is 29.5 Å². The van der Waals surface area contributed by atoms with Crippen LogP contribution in [0.3, 0.4) is 0 Å². The first-order valence-electron chi connectivity index (χ1n) is 11.1. The first-order chi connectivity index (χ1) is 17.0. The monoisotopic (exact) mass is 528 g/mol. The lowest BCUT2D eigenvalue weighted by atomic mass is 9.91. The van der Waals surface area contributed by atoms with Crippen molar-refractivity contribution in [2.45, 2.75) is 13.0 Å². The number of nitrogens with two attached hydrogens (primary N) is 1. The molecular weight excluding hydrogens is 500 g/mol. The van der Waals surface area contributed by atoms with Gasteiger partial charge in [0.1, 0.15) is 5.94 Å². The van der Waals surface area contributed by atoms with Crippen molar-refractivity contribution in [3.63, 3.8) is 0 Å². The second-order valence-electron chi connectivity index (χ2n) is 7.83. The SMILES string of the molecule is COS(=O)(=O)CCCSC(SCON)=C1c2ccccc2N(Cc2ccccc2)c2ccccc21. The van der Waals surface area contributed by atoms with Crippen molar-refractivity contribution < 1.29 is 17.4 Å². The Hall–Kier alpha value is -2.27. The van der Waals surface area contributed by atoms with E-state index in [-0.39, 0.29) is 5.75 Å². The van der Waals surface area contributed by atoms with E-state index in [1.807, 2.05) is 18.2 Å². The van der Waals surface area contributed by atoms with Crippen molar-refractivity contribution >= 4 is 50.6 Å². The predicted octanol–water partition coefficient (Wildman–Crippen LogP) is 5.74. The molecule has 6 nitrogen and oxygen atoms in total. The molecule has 0 radical (unpaired) electrons. The van der Waals surface area contributed by atoms with Crippen LogP contribution in [-0.4, -0.2) is 33.0 Å². The van der Waals surface area contributed by atoms with Crippen molar-refractivity contribution in [3.05, 3.63) is 99.8 Å². The van der Waals surface area contributed by atoms with Gasteiger partial charge in [-0.05, 0) is 29.9 Å². The second-order valence-corrected chi connectivity index (χ2v) is 12.0. The zero-order chi connectivity index (χ0) is 24.7. The van der Waals surface area contributed by atoms with Crippen LogP contribution in [-0.2, 0) is 25.7 Å². The number of nitrogens with zero attached hydrogens (tertiary/aromatic N) is 1. The Morgan fingerprint density at radius 3 is 2.09 bits per heavy atom. The molecule has 0 saturated heterocycles. The molecule has 2 N–H and O–H groups in total. The van der Waals surface area contributed by atoms with Crippen LogP contribution in [0.2, 0.25) is 0 Å². The van der Waals surface area contributed by atoms with E-state index in [4.69, 9.17) is 10.7 Å². The van der Waals surface area contributed by atoms with Gasteiger partial charge in [-0.25, -0.2) is 5.90 Å². The number of thioether (sulfide) groups is 2. The number of hydrogen-bond donors (Lipinski definition) is 1. The maximum atomic E-state index is 11.7. The van der Waals surface area contributed by atoms with Crippen LogP contribution in [0.4, 0.5) is 11.4 Å². The molecular formula is C26H28N2O4S3. The third-order valence-electron chi connectivity index (χ3n) is 5.60. The van der Waals surface area contributed by atoms with Crippen LogP contribution in [0.25, 0.3) is 5.57 Å². The first kappa shape index (κ1) is 25.8. The molecule has 9 heteroatoms. The Morgan fingerprint density at radius 1 is 0.886 bits per heavy atom. The van der Waals surface area contributed by atoms with Gasteiger partial charge in [0, 0.05) is 34.6 Å². The number of para-hydroxylation sites is 2. The smallest absolute Gasteiger partial charge is 0.267 e. The lowest BCUT2D eigenvalue weighted by molar-refractivity contribution is 0.190. The quantitative estimate of drug-likeness (QED) is 0.146. The van der Waals surface area contributed by atoms with Crippen molar-refractivity contribution in [1.29, 1.82) is 0 Å². The van der Waals surface area contributed by atoms with Crippen molar-refractivity contribution in [1.82, 2.24) is 0 Å². The summed E-state index contributed by atoms with van der Waals surface area (Å²) >= 11 is 3.14. The van der Waals surface area contributed by atoms with Gasteiger partial charge in [0.25, 0.3) is 10.1 Å². The van der Waals surface area contributed by atoms with Crippen LogP contribution in [0.5, 0.6) is 0 Å². The first-order valence-corrected chi connectivity index (χ1v) is 14.7. The van der Waals surface area contributed by atoms with Gasteiger partial charge in [0.2, 0.25) is 0 Å². The van der Waals surface area contributed by atoms with E-state index in [0.717, 1.165) is 38.9 Å². The molecule has 1 heterocycles. The van der Waals surface area contributed by atoms with Gasteiger partial charge in [-0.1, -0.05) is 78.5 Å². The molecule has 0 aromatic heterocycles. The predicted molar refractivity (Wildman–Crippen MR) is 147 cm³/mol. The van der Waals surface area contributed by atoms with Crippen LogP contribution < -0.4 is 10.8 Å². The number of rotatable bonds is 11. The minimum absolute atomic E-state index is 0.0187. The topological polar surface area (TPSA) is 81.9 Å². The molecule has 0 bridgehead atoms. The van der Waals surface area contributed by atoms with E-state index in [0.29, 0.717) is 18.1 Å². The molecule has 1 aliphatic heterocycles. The van der Waals surface area contributed by atoms with Crippen LogP contribution in [0, 0.1) is 0 Å². The zero-order valence-electron chi connectivity index (χ0n) is 19.4. The summed E-state index contributed by atoms with van der Waals surface area (Å²) in [4.78, 5) is 7.25. The number of benzene rings is 3. The minimum Gasteiger partial charge on any atom is -0.336 e. The number of hydrogen-bond acceptors (Lipinski definition) is 8. The highest BCUT2D eigenvalue weighted by Gasteiger charge is 2.28. The Balaban J connectivity index is 1.75. The zero-order valence-corrected chi connectivity index (χ0v) is 21.9. The molecule has 0 amide bonds. The Labute approximate surface area is 215 Å². The van der Waals surface area contributed by atoms with Crippen LogP contribution in [0.1, 0.15) is 23.1 Å². The summed E-state index contributed by atoms with van der Waals surface area (Å²) in [5.74, 6) is 6.27. The fraction of sp³-hybridized carbons (Fsp3) is 0.231. The Bertz CT molecular complexity index is 1230. The highest BCUT2D eigenvalue weighted by atomic mass is 32.2. The van der Waals surface area contributed by atoms with Crippen molar-refractivity contribution in [3.8, 4) is 0 Å². The van der Waals surface area contributed by atoms with Crippen LogP contribution in [0.15, 0.2) is 83.1 Å². The number of anilines is 2. The summed E-state index contributed by atoms with van der Waals surface area (Å²) in [6.45, 7) is 0.749. The van der Waals surface area contributed by atoms with Crippen molar-refractivity contribution in [2.24, 2.45) is 5.90 Å². The minimum atomic E-state index is -3.48. The summed E-state index contributed by atoms with van der Waals surface area (Å²) in [5, 5.41) is 0. The summed E-state index contributed by atoms with van der Waals surface area (Å²) in [7, 11) is -2.29. The molecule has 35 heavy (non-hydrogen) atoms. The lowest BCUT2D eigenvalue weighted by Crippen LogP contribution is -2.23. The van der Waals surface area contributed by atoms with Crippen LogP contribution >= 0.6 is 23.5 Å². The molecule has 0 unspecified atom stereocenters. The highest BCUT2D eigenvalue weighted by Crippen LogP contribution is 2.50. The maximum absolute atomic E-state index is 11.7. The molecule has 0 aliphatic carbocycles. The summed E-state index contributed by atoms with van der Waals surface area (Å²) in [6, 6.07) is 27.2. The molecule has 0 saturated carbocycles. The average molecular weight is 529 g/mol. The fourth-order valence-corrected chi connectivity index (χ4v) is 6.98. The van der Waals surface area contributed by atoms with E-state index in [1.54, 1.807) is 11.8 Å². The number of fused-ring (bicyclic) bond motifs is 2. The average Bonchev–Trinajstić information content (AvgIpc) is 2.89. The molecule has 1 aliphatic rings. The van der Waals surface area contributed by atoms with Gasteiger partial charge >= 0.3 is 0 Å². The van der Waals surface area contributed by atoms with E-state index in [2.05, 4.69) is 69.7 Å². The Kier molecular flexibility index (Phi) is 8.94. The molecule has 3 aromatic rings. The third kappa shape index (κ3) is 6.30. The summed E-state index contributed by atoms with van der Waals surface area (Å²) in [6.07, 6.45) is 0.477. The van der Waals surface area contributed by atoms with E-state index < -0.39 is 10.1 Å². The van der Waals surface area contributed by atoms with Gasteiger partial charge in [0.05, 0.1) is 17.1 Å². The van der Waals surface area contributed by atoms with Gasteiger partial charge in [0.15, 0.2) is 0 Å². The van der Waals surface area contributed by atoms with Gasteiger partial charge in [-0.15, -0.1) is 11.8 Å². The normalized spacial score (nSPS) is 12.9. The third-order valence-corrected chi connectivity index (χ3v) is 9.28. The van der Waals surface area contributed by atoms with E-state index in [9.17, 15) is 8.42 Å². The lowest BCUT2D eigenvalue weighted by Gasteiger charge is -2.35. The molecule has 184 valence electrons. The van der Waals surface area contributed by atoms with Gasteiger partial charge < -0.3 is 4.90 Å². The molecule has 0 spiro atoms. The summed E-state index contributed by atoms with van der Waals surface area (Å²) < 4.78 is 29.1. The molecule has 0 fully saturated rings. The largest absolute Gasteiger partial charge is 0.336 e. The fourth-order valence-electron chi connectivity index (χ4n) is 4.03. The second kappa shape index (κ2) is 12.1. The maximum Gasteiger partial charge on any atom is 0.267 e.